The molecule has 1 amide bonds. The molecule has 2 aliphatic heterocycles. The van der Waals surface area contributed by atoms with Crippen molar-refractivity contribution in [2.75, 3.05) is 13.1 Å². The van der Waals surface area contributed by atoms with Crippen LogP contribution in [0.25, 0.3) is 0 Å². The van der Waals surface area contributed by atoms with Crippen molar-refractivity contribution in [1.82, 2.24) is 19.7 Å². The number of fused-ring (bicyclic) bond motifs is 3. The van der Waals surface area contributed by atoms with E-state index in [-0.39, 0.29) is 11.3 Å². The van der Waals surface area contributed by atoms with Crippen molar-refractivity contribution in [2.24, 2.45) is 11.3 Å². The molecule has 0 aromatic carbocycles. The molecular weight excluding hydrogens is 240 g/mol. The fourth-order valence-corrected chi connectivity index (χ4v) is 3.40. The van der Waals surface area contributed by atoms with E-state index in [4.69, 9.17) is 0 Å². The molecule has 1 fully saturated rings. The molecule has 0 bridgehead atoms. The Morgan fingerprint density at radius 2 is 2.00 bits per heavy atom. The number of hydrogen-bond donors (Lipinski definition) is 0. The average Bonchev–Trinajstić information content (AvgIpc) is 2.90. The molecule has 104 valence electrons. The van der Waals surface area contributed by atoms with Crippen molar-refractivity contribution >= 4 is 5.91 Å². The number of hydrogen-bond acceptors (Lipinski definition) is 3. The maximum absolute atomic E-state index is 12.4. The summed E-state index contributed by atoms with van der Waals surface area (Å²) >= 11 is 0. The SMILES string of the molecule is Cc1nnc2n1[C@H]1CN(C(=O)C(C)(C)C)C[C@H]1CC2. The fraction of sp³-hybridized carbons (Fsp3) is 0.786. The van der Waals surface area contributed by atoms with Crippen molar-refractivity contribution in [1.29, 1.82) is 0 Å². The van der Waals surface area contributed by atoms with E-state index in [1.165, 1.54) is 0 Å². The van der Waals surface area contributed by atoms with Crippen molar-refractivity contribution in [3.63, 3.8) is 0 Å². The lowest BCUT2D eigenvalue weighted by atomic mass is 9.93. The lowest BCUT2D eigenvalue weighted by Crippen LogP contribution is -2.38. The molecule has 1 aromatic rings. The van der Waals surface area contributed by atoms with Gasteiger partial charge < -0.3 is 9.47 Å². The van der Waals surface area contributed by atoms with E-state index in [2.05, 4.69) is 14.8 Å². The van der Waals surface area contributed by atoms with Crippen molar-refractivity contribution < 1.29 is 4.79 Å². The van der Waals surface area contributed by atoms with Crippen LogP contribution in [0.1, 0.15) is 44.9 Å². The highest BCUT2D eigenvalue weighted by molar-refractivity contribution is 5.81. The summed E-state index contributed by atoms with van der Waals surface area (Å²) in [6.45, 7) is 9.68. The van der Waals surface area contributed by atoms with Gasteiger partial charge in [-0.1, -0.05) is 20.8 Å². The normalized spacial score (nSPS) is 26.2. The van der Waals surface area contributed by atoms with Gasteiger partial charge in [-0.05, 0) is 19.3 Å². The molecule has 5 nitrogen and oxygen atoms in total. The summed E-state index contributed by atoms with van der Waals surface area (Å²) in [5.74, 6) is 2.89. The third-order valence-corrected chi connectivity index (χ3v) is 4.34. The van der Waals surface area contributed by atoms with Gasteiger partial charge in [-0.2, -0.15) is 0 Å². The first-order valence-corrected chi connectivity index (χ1v) is 7.07. The largest absolute Gasteiger partial charge is 0.340 e. The molecule has 3 heterocycles. The van der Waals surface area contributed by atoms with Gasteiger partial charge in [0.05, 0.1) is 6.04 Å². The number of likely N-dealkylation sites (tertiary alicyclic amines) is 1. The van der Waals surface area contributed by atoms with Crippen LogP contribution in [0.5, 0.6) is 0 Å². The van der Waals surface area contributed by atoms with Crippen LogP contribution >= 0.6 is 0 Å². The van der Waals surface area contributed by atoms with Gasteiger partial charge in [0.2, 0.25) is 5.91 Å². The number of carbonyl (C=O) groups is 1. The van der Waals surface area contributed by atoms with Gasteiger partial charge in [0.15, 0.2) is 0 Å². The lowest BCUT2D eigenvalue weighted by Gasteiger charge is -2.26. The molecule has 2 atom stereocenters. The van der Waals surface area contributed by atoms with E-state index in [9.17, 15) is 4.79 Å². The number of carbonyl (C=O) groups excluding carboxylic acids is 1. The average molecular weight is 262 g/mol. The van der Waals surface area contributed by atoms with E-state index in [0.29, 0.717) is 12.0 Å². The highest BCUT2D eigenvalue weighted by Crippen LogP contribution is 2.38. The predicted octanol–water partition coefficient (Wildman–Crippen LogP) is 1.58. The smallest absolute Gasteiger partial charge is 0.228 e. The molecule has 19 heavy (non-hydrogen) atoms. The Labute approximate surface area is 114 Å². The van der Waals surface area contributed by atoms with Gasteiger partial charge in [-0.25, -0.2) is 0 Å². The Morgan fingerprint density at radius 3 is 2.68 bits per heavy atom. The molecule has 2 aliphatic rings. The summed E-state index contributed by atoms with van der Waals surface area (Å²) in [5, 5.41) is 8.43. The molecule has 0 saturated carbocycles. The highest BCUT2D eigenvalue weighted by Gasteiger charge is 2.42. The minimum absolute atomic E-state index is 0.258. The van der Waals surface area contributed by atoms with Crippen molar-refractivity contribution in [2.45, 2.75) is 46.6 Å². The molecule has 0 spiro atoms. The summed E-state index contributed by atoms with van der Waals surface area (Å²) in [6, 6.07) is 0.380. The molecule has 1 aromatic heterocycles. The first-order chi connectivity index (χ1) is 8.88. The number of aromatic nitrogens is 3. The Kier molecular flexibility index (Phi) is 2.69. The van der Waals surface area contributed by atoms with Crippen LogP contribution in [-0.2, 0) is 11.2 Å². The first-order valence-electron chi connectivity index (χ1n) is 7.07. The van der Waals surface area contributed by atoms with Crippen LogP contribution in [0.2, 0.25) is 0 Å². The highest BCUT2D eigenvalue weighted by atomic mass is 16.2. The summed E-state index contributed by atoms with van der Waals surface area (Å²) in [4.78, 5) is 14.5. The van der Waals surface area contributed by atoms with Crippen molar-refractivity contribution in [3.8, 4) is 0 Å². The summed E-state index contributed by atoms with van der Waals surface area (Å²) in [6.07, 6.45) is 2.11. The number of rotatable bonds is 0. The summed E-state index contributed by atoms with van der Waals surface area (Å²) in [5.41, 5.74) is -0.293. The fourth-order valence-electron chi connectivity index (χ4n) is 3.40. The van der Waals surface area contributed by atoms with Gasteiger partial charge in [-0.3, -0.25) is 4.79 Å². The van der Waals surface area contributed by atoms with E-state index in [1.54, 1.807) is 0 Å². The maximum atomic E-state index is 12.4. The number of amides is 1. The van der Waals surface area contributed by atoms with Crippen LogP contribution < -0.4 is 0 Å². The molecule has 0 N–H and O–H groups in total. The quantitative estimate of drug-likeness (QED) is 0.713. The van der Waals surface area contributed by atoms with Gasteiger partial charge in [0.1, 0.15) is 11.6 Å². The predicted molar refractivity (Wildman–Crippen MR) is 71.6 cm³/mol. The zero-order chi connectivity index (χ0) is 13.8. The van der Waals surface area contributed by atoms with E-state index >= 15 is 0 Å². The zero-order valence-electron chi connectivity index (χ0n) is 12.2. The van der Waals surface area contributed by atoms with Crippen LogP contribution in [0.4, 0.5) is 0 Å². The minimum Gasteiger partial charge on any atom is -0.340 e. The number of nitrogens with zero attached hydrogens (tertiary/aromatic N) is 4. The molecular formula is C14H22N4O. The van der Waals surface area contributed by atoms with E-state index in [0.717, 1.165) is 37.6 Å². The summed E-state index contributed by atoms with van der Waals surface area (Å²) < 4.78 is 2.25. The first kappa shape index (κ1) is 12.6. The Morgan fingerprint density at radius 1 is 1.26 bits per heavy atom. The van der Waals surface area contributed by atoms with Crippen LogP contribution in [0, 0.1) is 18.3 Å². The van der Waals surface area contributed by atoms with Gasteiger partial charge in [-0.15, -0.1) is 10.2 Å². The lowest BCUT2D eigenvalue weighted by molar-refractivity contribution is -0.138. The molecule has 0 radical (unpaired) electrons. The topological polar surface area (TPSA) is 51.0 Å². The Hall–Kier alpha value is -1.39. The number of aryl methyl sites for hydroxylation is 2. The Balaban J connectivity index is 1.86. The minimum atomic E-state index is -0.293. The van der Waals surface area contributed by atoms with Crippen LogP contribution in [-0.4, -0.2) is 38.7 Å². The molecule has 0 unspecified atom stereocenters. The van der Waals surface area contributed by atoms with Gasteiger partial charge in [0, 0.05) is 24.9 Å². The zero-order valence-corrected chi connectivity index (χ0v) is 12.2. The third kappa shape index (κ3) is 1.95. The molecule has 3 rings (SSSR count). The van der Waals surface area contributed by atoms with E-state index < -0.39 is 0 Å². The second kappa shape index (κ2) is 4.05. The standard InChI is InChI=1S/C14H22N4O/c1-9-15-16-12-6-5-10-7-17(8-11(10)18(9)12)13(19)14(2,3)4/h10-11H,5-8H2,1-4H3/t10-,11+/m1/s1. The summed E-state index contributed by atoms with van der Waals surface area (Å²) in [7, 11) is 0. The van der Waals surface area contributed by atoms with Crippen LogP contribution in [0.15, 0.2) is 0 Å². The van der Waals surface area contributed by atoms with Crippen LogP contribution in [0.3, 0.4) is 0 Å². The third-order valence-electron chi connectivity index (χ3n) is 4.34. The Bertz CT molecular complexity index is 514. The second-order valence-electron chi connectivity index (χ2n) is 6.86. The van der Waals surface area contributed by atoms with E-state index in [1.807, 2.05) is 32.6 Å². The molecule has 0 aliphatic carbocycles. The van der Waals surface area contributed by atoms with Gasteiger partial charge in [0.25, 0.3) is 0 Å². The van der Waals surface area contributed by atoms with Gasteiger partial charge >= 0.3 is 0 Å². The maximum Gasteiger partial charge on any atom is 0.228 e. The second-order valence-corrected chi connectivity index (χ2v) is 6.86. The molecule has 5 heteroatoms. The van der Waals surface area contributed by atoms with Crippen molar-refractivity contribution in [3.05, 3.63) is 11.6 Å². The monoisotopic (exact) mass is 262 g/mol. The molecule has 1 saturated heterocycles.